The second-order valence-electron chi connectivity index (χ2n) is 6.94. The molecule has 2 N–H and O–H groups in total. The van der Waals surface area contributed by atoms with Crippen LogP contribution in [0.3, 0.4) is 0 Å². The number of carbonyl (C=O) groups excluding carboxylic acids is 1. The molecule has 3 heterocycles. The molecule has 1 aromatic heterocycles. The standard InChI is InChI=1S/C19H24N4O2S.2ClH/c1-25-16-4-2-15(3-5-16)21-19-22-17(12-26-19)18(24)23-8-6-13-10-20-11-14(13)7-9-23;;/h2-5,12-14,20H,6-11H2,1H3,(H,21,22);2*1H/t13-,14+;;. The van der Waals surface area contributed by atoms with Crippen LogP contribution in [0.1, 0.15) is 23.3 Å². The number of hydrogen-bond donors (Lipinski definition) is 2. The third-order valence-electron chi connectivity index (χ3n) is 5.37. The summed E-state index contributed by atoms with van der Waals surface area (Å²) in [6.07, 6.45) is 2.18. The number of nitrogens with one attached hydrogen (secondary N) is 2. The van der Waals surface area contributed by atoms with Gasteiger partial charge in [-0.2, -0.15) is 0 Å². The lowest BCUT2D eigenvalue weighted by molar-refractivity contribution is 0.0753. The number of rotatable bonds is 4. The van der Waals surface area contributed by atoms with Crippen molar-refractivity contribution in [2.45, 2.75) is 12.8 Å². The average Bonchev–Trinajstić information content (AvgIpc) is 3.27. The highest BCUT2D eigenvalue weighted by Gasteiger charge is 2.32. The summed E-state index contributed by atoms with van der Waals surface area (Å²) in [4.78, 5) is 19.3. The number of fused-ring (bicyclic) bond motifs is 1. The largest absolute Gasteiger partial charge is 0.497 e. The second-order valence-corrected chi connectivity index (χ2v) is 7.80. The molecule has 0 aliphatic carbocycles. The average molecular weight is 445 g/mol. The SMILES string of the molecule is COc1ccc(Nc2nc(C(=O)N3CC[C@@H]4CNC[C@@H]4CC3)cs2)cc1.Cl.Cl. The lowest BCUT2D eigenvalue weighted by Crippen LogP contribution is -2.33. The third-order valence-corrected chi connectivity index (χ3v) is 6.13. The van der Waals surface area contributed by atoms with Crippen molar-refractivity contribution in [3.8, 4) is 5.75 Å². The Morgan fingerprint density at radius 3 is 2.43 bits per heavy atom. The van der Waals surface area contributed by atoms with Crippen molar-refractivity contribution >= 4 is 52.9 Å². The van der Waals surface area contributed by atoms with E-state index in [0.717, 1.165) is 67.4 Å². The first-order chi connectivity index (χ1) is 12.7. The van der Waals surface area contributed by atoms with Gasteiger partial charge in [0.1, 0.15) is 11.4 Å². The summed E-state index contributed by atoms with van der Waals surface area (Å²) < 4.78 is 5.16. The van der Waals surface area contributed by atoms with E-state index in [1.807, 2.05) is 34.5 Å². The number of ether oxygens (including phenoxy) is 1. The van der Waals surface area contributed by atoms with Gasteiger partial charge in [-0.15, -0.1) is 36.2 Å². The maximum atomic E-state index is 12.8. The van der Waals surface area contributed by atoms with Crippen LogP contribution in [0.2, 0.25) is 0 Å². The molecule has 6 nitrogen and oxygen atoms in total. The molecule has 28 heavy (non-hydrogen) atoms. The minimum Gasteiger partial charge on any atom is -0.497 e. The maximum Gasteiger partial charge on any atom is 0.273 e. The number of amides is 1. The fraction of sp³-hybridized carbons (Fsp3) is 0.474. The molecule has 0 unspecified atom stereocenters. The van der Waals surface area contributed by atoms with Crippen molar-refractivity contribution in [2.75, 3.05) is 38.6 Å². The number of thiazole rings is 1. The lowest BCUT2D eigenvalue weighted by atomic mass is 9.92. The summed E-state index contributed by atoms with van der Waals surface area (Å²) >= 11 is 1.46. The van der Waals surface area contributed by atoms with Gasteiger partial charge in [-0.25, -0.2) is 4.98 Å². The van der Waals surface area contributed by atoms with Crippen LogP contribution in [0.25, 0.3) is 0 Å². The van der Waals surface area contributed by atoms with Crippen LogP contribution in [0.4, 0.5) is 10.8 Å². The first-order valence-corrected chi connectivity index (χ1v) is 9.97. The molecule has 2 saturated heterocycles. The van der Waals surface area contributed by atoms with Gasteiger partial charge in [0, 0.05) is 24.2 Å². The Bertz CT molecular complexity index is 758. The van der Waals surface area contributed by atoms with E-state index in [-0.39, 0.29) is 30.7 Å². The molecule has 0 radical (unpaired) electrons. The smallest absolute Gasteiger partial charge is 0.273 e. The molecule has 1 aromatic carbocycles. The van der Waals surface area contributed by atoms with Crippen LogP contribution < -0.4 is 15.4 Å². The van der Waals surface area contributed by atoms with Crippen molar-refractivity contribution in [2.24, 2.45) is 11.8 Å². The molecule has 2 aromatic rings. The highest BCUT2D eigenvalue weighted by Crippen LogP contribution is 2.28. The normalized spacial score (nSPS) is 21.0. The number of benzene rings is 1. The summed E-state index contributed by atoms with van der Waals surface area (Å²) in [6, 6.07) is 7.66. The summed E-state index contributed by atoms with van der Waals surface area (Å²) in [5, 5.41) is 9.30. The first-order valence-electron chi connectivity index (χ1n) is 9.09. The van der Waals surface area contributed by atoms with Crippen LogP contribution in [0, 0.1) is 11.8 Å². The zero-order valence-corrected chi connectivity index (χ0v) is 18.2. The van der Waals surface area contributed by atoms with Gasteiger partial charge in [-0.05, 0) is 62.0 Å². The number of halogens is 2. The Morgan fingerprint density at radius 1 is 1.18 bits per heavy atom. The highest BCUT2D eigenvalue weighted by molar-refractivity contribution is 7.14. The first kappa shape index (κ1) is 22.7. The number of anilines is 2. The van der Waals surface area contributed by atoms with Gasteiger partial charge >= 0.3 is 0 Å². The van der Waals surface area contributed by atoms with Crippen LogP contribution >= 0.6 is 36.2 Å². The predicted octanol–water partition coefficient (Wildman–Crippen LogP) is 3.81. The van der Waals surface area contributed by atoms with Gasteiger partial charge in [0.2, 0.25) is 0 Å². The Balaban J connectivity index is 0.00000140. The second kappa shape index (κ2) is 10.3. The topological polar surface area (TPSA) is 66.5 Å². The number of methoxy groups -OCH3 is 1. The number of nitrogens with zero attached hydrogens (tertiary/aromatic N) is 2. The Morgan fingerprint density at radius 2 is 1.82 bits per heavy atom. The fourth-order valence-electron chi connectivity index (χ4n) is 3.81. The molecular weight excluding hydrogens is 419 g/mol. The van der Waals surface area contributed by atoms with Gasteiger partial charge in [-0.1, -0.05) is 0 Å². The van der Waals surface area contributed by atoms with Crippen molar-refractivity contribution in [3.63, 3.8) is 0 Å². The Labute approximate surface area is 181 Å². The molecule has 2 aliphatic rings. The minimum absolute atomic E-state index is 0. The van der Waals surface area contributed by atoms with Crippen molar-refractivity contribution in [1.82, 2.24) is 15.2 Å². The predicted molar refractivity (Wildman–Crippen MR) is 118 cm³/mol. The van der Waals surface area contributed by atoms with Crippen LogP contribution in [0.15, 0.2) is 29.6 Å². The van der Waals surface area contributed by atoms with Gasteiger partial charge in [-0.3, -0.25) is 4.79 Å². The summed E-state index contributed by atoms with van der Waals surface area (Å²) in [5.74, 6) is 2.30. The van der Waals surface area contributed by atoms with E-state index < -0.39 is 0 Å². The van der Waals surface area contributed by atoms with Gasteiger partial charge in [0.25, 0.3) is 5.91 Å². The maximum absolute atomic E-state index is 12.8. The third kappa shape index (κ3) is 5.08. The summed E-state index contributed by atoms with van der Waals surface area (Å²) in [6.45, 7) is 3.86. The van der Waals surface area contributed by atoms with E-state index in [1.165, 1.54) is 11.3 Å². The molecule has 1 amide bonds. The molecule has 0 spiro atoms. The van der Waals surface area contributed by atoms with Crippen LogP contribution in [-0.2, 0) is 0 Å². The molecule has 154 valence electrons. The van der Waals surface area contributed by atoms with Crippen molar-refractivity contribution < 1.29 is 9.53 Å². The highest BCUT2D eigenvalue weighted by atomic mass is 35.5. The van der Waals surface area contributed by atoms with Gasteiger partial charge in [0.05, 0.1) is 7.11 Å². The van der Waals surface area contributed by atoms with E-state index in [2.05, 4.69) is 15.6 Å². The van der Waals surface area contributed by atoms with E-state index in [1.54, 1.807) is 7.11 Å². The molecule has 2 fully saturated rings. The molecular formula is C19H26Cl2N4O2S. The van der Waals surface area contributed by atoms with Crippen LogP contribution in [0.5, 0.6) is 5.75 Å². The van der Waals surface area contributed by atoms with E-state index in [4.69, 9.17) is 4.74 Å². The molecule has 9 heteroatoms. The monoisotopic (exact) mass is 444 g/mol. The number of likely N-dealkylation sites (tertiary alicyclic amines) is 1. The van der Waals surface area contributed by atoms with Gasteiger partial charge in [0.15, 0.2) is 5.13 Å². The van der Waals surface area contributed by atoms with Gasteiger partial charge < -0.3 is 20.3 Å². The number of aromatic nitrogens is 1. The summed E-state index contributed by atoms with van der Waals surface area (Å²) in [7, 11) is 1.65. The van der Waals surface area contributed by atoms with E-state index in [9.17, 15) is 4.79 Å². The fourth-order valence-corrected chi connectivity index (χ4v) is 4.52. The molecule has 4 rings (SSSR count). The Kier molecular flexibility index (Phi) is 8.37. The molecule has 2 atom stereocenters. The van der Waals surface area contributed by atoms with E-state index >= 15 is 0 Å². The number of carbonyl (C=O) groups is 1. The molecule has 0 bridgehead atoms. The lowest BCUT2D eigenvalue weighted by Gasteiger charge is -2.19. The summed E-state index contributed by atoms with van der Waals surface area (Å²) in [5.41, 5.74) is 1.46. The molecule has 0 saturated carbocycles. The molecule has 2 aliphatic heterocycles. The van der Waals surface area contributed by atoms with Crippen molar-refractivity contribution in [3.05, 3.63) is 35.3 Å². The zero-order chi connectivity index (χ0) is 17.9. The number of hydrogen-bond acceptors (Lipinski definition) is 6. The quantitative estimate of drug-likeness (QED) is 0.750. The van der Waals surface area contributed by atoms with Crippen LogP contribution in [-0.4, -0.2) is 49.1 Å². The zero-order valence-electron chi connectivity index (χ0n) is 15.7. The minimum atomic E-state index is 0. The van der Waals surface area contributed by atoms with E-state index in [0.29, 0.717) is 5.69 Å². The Hall–Kier alpha value is -1.54. The van der Waals surface area contributed by atoms with Crippen molar-refractivity contribution in [1.29, 1.82) is 0 Å².